The third kappa shape index (κ3) is 3.73. The molecule has 1 rings (SSSR count). The molecule has 0 bridgehead atoms. The lowest BCUT2D eigenvalue weighted by atomic mass is 10.5. The number of aliphatic carboxylic acids is 1. The van der Waals surface area contributed by atoms with Gasteiger partial charge in [0.05, 0.1) is 5.75 Å². The molecule has 6 heteroatoms. The maximum atomic E-state index is 10.9. The molecule has 0 aromatic rings. The predicted molar refractivity (Wildman–Crippen MR) is 55.8 cm³/mol. The number of amides is 1. The average Bonchev–Trinajstić information content (AvgIpc) is 2.39. The van der Waals surface area contributed by atoms with E-state index in [1.807, 2.05) is 13.8 Å². The Morgan fingerprint density at radius 1 is 1.69 bits per heavy atom. The lowest BCUT2D eigenvalue weighted by molar-refractivity contribution is -0.140. The lowest BCUT2D eigenvalue weighted by Crippen LogP contribution is -2.33. The molecule has 4 nitrogen and oxygen atoms in total. The summed E-state index contributed by atoms with van der Waals surface area (Å²) >= 11 is 5.94. The van der Waals surface area contributed by atoms with Crippen molar-refractivity contribution >= 4 is 40.2 Å². The number of hydrogen-bond donors (Lipinski definition) is 1. The van der Waals surface area contributed by atoms with Crippen LogP contribution in [0.4, 0.5) is 0 Å². The van der Waals surface area contributed by atoms with Gasteiger partial charge >= 0.3 is 5.97 Å². The van der Waals surface area contributed by atoms with Gasteiger partial charge in [0, 0.05) is 0 Å². The number of carbonyl (C=O) groups excluding carboxylic acids is 1. The molecule has 0 spiro atoms. The molecule has 13 heavy (non-hydrogen) atoms. The minimum atomic E-state index is -1.04. The van der Waals surface area contributed by atoms with Crippen molar-refractivity contribution in [3.63, 3.8) is 0 Å². The molecule has 0 aromatic carbocycles. The monoisotopic (exact) mass is 221 g/mol. The first-order valence-corrected chi connectivity index (χ1v) is 5.19. The number of carboxylic acids is 1. The van der Waals surface area contributed by atoms with Crippen LogP contribution in [0, 0.1) is 0 Å². The molecule has 74 valence electrons. The van der Waals surface area contributed by atoms with Gasteiger partial charge in [-0.2, -0.15) is 0 Å². The molecule has 0 atom stereocenters. The quantitative estimate of drug-likeness (QED) is 0.704. The topological polar surface area (TPSA) is 57.6 Å². The Balaban J connectivity index is 0.000000671. The number of carboxylic acid groups (broad SMARTS) is 1. The maximum absolute atomic E-state index is 10.9. The van der Waals surface area contributed by atoms with Crippen LogP contribution in [0.5, 0.6) is 0 Å². The summed E-state index contributed by atoms with van der Waals surface area (Å²) in [5.74, 6) is -0.989. The Kier molecular flexibility index (Phi) is 5.65. The number of rotatable bonds is 2. The van der Waals surface area contributed by atoms with Crippen LogP contribution in [0.25, 0.3) is 0 Å². The smallest absolute Gasteiger partial charge is 0.323 e. The van der Waals surface area contributed by atoms with Crippen molar-refractivity contribution in [1.82, 2.24) is 4.90 Å². The molecule has 0 saturated carbocycles. The molecule has 1 fully saturated rings. The van der Waals surface area contributed by atoms with E-state index in [9.17, 15) is 9.59 Å². The fourth-order valence-corrected chi connectivity index (χ4v) is 1.74. The van der Waals surface area contributed by atoms with E-state index in [1.54, 1.807) is 0 Å². The highest BCUT2D eigenvalue weighted by Crippen LogP contribution is 2.18. The summed E-state index contributed by atoms with van der Waals surface area (Å²) < 4.78 is 0.359. The number of carbonyl (C=O) groups is 2. The van der Waals surface area contributed by atoms with Crippen molar-refractivity contribution in [2.24, 2.45) is 0 Å². The van der Waals surface area contributed by atoms with E-state index < -0.39 is 5.97 Å². The van der Waals surface area contributed by atoms with Crippen LogP contribution in [0.15, 0.2) is 0 Å². The molecule has 1 aliphatic rings. The van der Waals surface area contributed by atoms with Gasteiger partial charge in [-0.1, -0.05) is 37.8 Å². The Bertz CT molecular complexity index is 214. The number of thioether (sulfide) groups is 1. The van der Waals surface area contributed by atoms with Gasteiger partial charge in [0.15, 0.2) is 0 Å². The normalized spacial score (nSPS) is 15.4. The lowest BCUT2D eigenvalue weighted by Gasteiger charge is -2.10. The maximum Gasteiger partial charge on any atom is 0.323 e. The molecule has 1 aliphatic heterocycles. The Morgan fingerprint density at radius 2 is 2.23 bits per heavy atom. The second-order valence-corrected chi connectivity index (χ2v) is 3.54. The third-order valence-corrected chi connectivity index (χ3v) is 2.57. The van der Waals surface area contributed by atoms with Gasteiger partial charge in [0.2, 0.25) is 5.91 Å². The predicted octanol–water partition coefficient (Wildman–Crippen LogP) is 0.957. The Labute approximate surface area is 86.3 Å². The first-order chi connectivity index (χ1) is 6.11. The summed E-state index contributed by atoms with van der Waals surface area (Å²) in [6.45, 7) is 3.69. The standard InChI is InChI=1S/C5H5NO3S2.C2H6/c7-3-2-11-5(10)6(3)1-4(8)9;1-2/h1-2H2,(H,8,9);1-2H3. The molecule has 1 amide bonds. The molecule has 1 heterocycles. The van der Waals surface area contributed by atoms with E-state index >= 15 is 0 Å². The van der Waals surface area contributed by atoms with E-state index in [4.69, 9.17) is 17.3 Å². The summed E-state index contributed by atoms with van der Waals surface area (Å²) in [5, 5.41) is 8.35. The fourth-order valence-electron chi connectivity index (χ4n) is 0.669. The second kappa shape index (κ2) is 5.93. The van der Waals surface area contributed by atoms with Gasteiger partial charge < -0.3 is 5.11 Å². The van der Waals surface area contributed by atoms with Crippen LogP contribution in [-0.4, -0.2) is 38.5 Å². The minimum absolute atomic E-state index is 0.220. The van der Waals surface area contributed by atoms with Gasteiger partial charge in [-0.15, -0.1) is 0 Å². The molecule has 0 unspecified atom stereocenters. The Morgan fingerprint density at radius 3 is 2.54 bits per heavy atom. The summed E-state index contributed by atoms with van der Waals surface area (Å²) in [7, 11) is 0. The van der Waals surface area contributed by atoms with Gasteiger partial charge in [-0.05, 0) is 0 Å². The van der Waals surface area contributed by atoms with Gasteiger partial charge in [0.25, 0.3) is 0 Å². The largest absolute Gasteiger partial charge is 0.480 e. The van der Waals surface area contributed by atoms with Crippen molar-refractivity contribution in [2.45, 2.75) is 13.8 Å². The molecule has 1 saturated heterocycles. The highest BCUT2D eigenvalue weighted by Gasteiger charge is 2.27. The van der Waals surface area contributed by atoms with Crippen molar-refractivity contribution < 1.29 is 14.7 Å². The highest BCUT2D eigenvalue weighted by atomic mass is 32.2. The Hall–Kier alpha value is -0.620. The van der Waals surface area contributed by atoms with E-state index in [0.29, 0.717) is 4.32 Å². The van der Waals surface area contributed by atoms with Crippen molar-refractivity contribution in [3.05, 3.63) is 0 Å². The zero-order valence-corrected chi connectivity index (χ0v) is 9.07. The van der Waals surface area contributed by atoms with Gasteiger partial charge in [0.1, 0.15) is 10.9 Å². The zero-order chi connectivity index (χ0) is 10.4. The van der Waals surface area contributed by atoms with Crippen LogP contribution in [0.1, 0.15) is 13.8 Å². The van der Waals surface area contributed by atoms with Crippen LogP contribution < -0.4 is 0 Å². The molecule has 0 radical (unpaired) electrons. The van der Waals surface area contributed by atoms with Crippen molar-refractivity contribution in [1.29, 1.82) is 0 Å². The highest BCUT2D eigenvalue weighted by molar-refractivity contribution is 8.23. The van der Waals surface area contributed by atoms with E-state index in [1.165, 1.54) is 11.8 Å². The van der Waals surface area contributed by atoms with Crippen LogP contribution in [-0.2, 0) is 9.59 Å². The molecule has 1 N–H and O–H groups in total. The van der Waals surface area contributed by atoms with Crippen molar-refractivity contribution in [2.75, 3.05) is 12.3 Å². The summed E-state index contributed by atoms with van der Waals surface area (Å²) in [6.07, 6.45) is 0. The second-order valence-electron chi connectivity index (χ2n) is 1.93. The number of nitrogens with zero attached hydrogens (tertiary/aromatic N) is 1. The van der Waals surface area contributed by atoms with Crippen molar-refractivity contribution in [3.8, 4) is 0 Å². The summed E-state index contributed by atoms with van der Waals surface area (Å²) in [6, 6.07) is 0. The first-order valence-electron chi connectivity index (χ1n) is 3.80. The minimum Gasteiger partial charge on any atom is -0.480 e. The molecule has 0 aliphatic carbocycles. The van der Waals surface area contributed by atoms with Crippen LogP contribution in [0.3, 0.4) is 0 Å². The number of hydrogen-bond acceptors (Lipinski definition) is 4. The van der Waals surface area contributed by atoms with E-state index in [0.717, 1.165) is 4.90 Å². The zero-order valence-electron chi connectivity index (χ0n) is 7.44. The molecule has 0 aromatic heterocycles. The summed E-state index contributed by atoms with van der Waals surface area (Å²) in [4.78, 5) is 22.2. The van der Waals surface area contributed by atoms with E-state index in [-0.39, 0.29) is 18.2 Å². The third-order valence-electron chi connectivity index (χ3n) is 1.13. The molecular formula is C7H11NO3S2. The van der Waals surface area contributed by atoms with E-state index in [2.05, 4.69) is 0 Å². The summed E-state index contributed by atoms with van der Waals surface area (Å²) in [5.41, 5.74) is 0. The van der Waals surface area contributed by atoms with Crippen LogP contribution >= 0.6 is 24.0 Å². The SMILES string of the molecule is CC.O=C(O)CN1C(=O)CSC1=S. The number of thiocarbonyl (C=S) groups is 1. The molecular weight excluding hydrogens is 210 g/mol. The van der Waals surface area contributed by atoms with Crippen LogP contribution in [0.2, 0.25) is 0 Å². The average molecular weight is 221 g/mol. The fraction of sp³-hybridized carbons (Fsp3) is 0.571. The first kappa shape index (κ1) is 12.4. The van der Waals surface area contributed by atoms with Gasteiger partial charge in [-0.25, -0.2) is 0 Å². The van der Waals surface area contributed by atoms with Gasteiger partial charge in [-0.3, -0.25) is 14.5 Å².